The number of aromatic nitrogens is 2. The summed E-state index contributed by atoms with van der Waals surface area (Å²) in [6.07, 6.45) is -4.50. The molecule has 1 amide bonds. The Kier molecular flexibility index (Phi) is 5.73. The van der Waals surface area contributed by atoms with Crippen molar-refractivity contribution in [2.24, 2.45) is 4.99 Å². The van der Waals surface area contributed by atoms with E-state index in [1.54, 1.807) is 18.4 Å². The van der Waals surface area contributed by atoms with E-state index in [0.29, 0.717) is 41.1 Å². The van der Waals surface area contributed by atoms with Gasteiger partial charge in [-0.25, -0.2) is 0 Å². The van der Waals surface area contributed by atoms with Crippen LogP contribution in [0.4, 0.5) is 26.3 Å². The second-order valence-corrected chi connectivity index (χ2v) is 7.40. The number of rotatable bonds is 4. The summed E-state index contributed by atoms with van der Waals surface area (Å²) < 4.78 is 77.6. The molecule has 1 aliphatic heterocycles. The van der Waals surface area contributed by atoms with Crippen LogP contribution in [0.25, 0.3) is 16.5 Å². The monoisotopic (exact) mass is 466 g/mol. The van der Waals surface area contributed by atoms with Gasteiger partial charge in [-0.15, -0.1) is 0 Å². The fourth-order valence-electron chi connectivity index (χ4n) is 3.50. The van der Waals surface area contributed by atoms with Crippen LogP contribution in [0.3, 0.4) is 0 Å². The lowest BCUT2D eigenvalue weighted by Gasteiger charge is -2.13. The first-order valence-electron chi connectivity index (χ1n) is 9.76. The second kappa shape index (κ2) is 8.38. The van der Waals surface area contributed by atoms with Gasteiger partial charge in [-0.2, -0.15) is 26.3 Å². The van der Waals surface area contributed by atoms with Crippen LogP contribution < -0.4 is 5.32 Å². The number of nitrogens with zero attached hydrogens (tertiary/aromatic N) is 2. The molecule has 1 aliphatic rings. The molecule has 0 radical (unpaired) electrons. The minimum absolute atomic E-state index is 0.0449. The third-order valence-corrected chi connectivity index (χ3v) is 5.10. The first-order chi connectivity index (χ1) is 15.5. The number of dihydropyridines is 1. The number of carbonyl (C=O) groups is 1. The molecule has 0 saturated heterocycles. The molecule has 0 unspecified atom stereocenters. The van der Waals surface area contributed by atoms with Crippen LogP contribution in [0.1, 0.15) is 39.3 Å². The van der Waals surface area contributed by atoms with Crippen molar-refractivity contribution in [1.29, 1.82) is 0 Å². The predicted octanol–water partition coefficient (Wildman–Crippen LogP) is 5.39. The molecule has 11 heteroatoms. The fourth-order valence-corrected chi connectivity index (χ4v) is 3.50. The Balaban J connectivity index is 1.61. The van der Waals surface area contributed by atoms with E-state index in [-0.39, 0.29) is 12.1 Å². The number of fused-ring (bicyclic) bond motifs is 1. The van der Waals surface area contributed by atoms with Gasteiger partial charge in [0.05, 0.1) is 11.1 Å². The van der Waals surface area contributed by atoms with Crippen molar-refractivity contribution in [2.75, 3.05) is 6.54 Å². The van der Waals surface area contributed by atoms with Gasteiger partial charge in [0.2, 0.25) is 0 Å². The Labute approximate surface area is 183 Å². The van der Waals surface area contributed by atoms with Crippen molar-refractivity contribution in [3.63, 3.8) is 0 Å². The zero-order valence-corrected chi connectivity index (χ0v) is 16.8. The van der Waals surface area contributed by atoms with Gasteiger partial charge in [-0.3, -0.25) is 14.8 Å². The summed E-state index contributed by atoms with van der Waals surface area (Å²) in [4.78, 5) is 22.1. The Bertz CT molecular complexity index is 1250. The average molecular weight is 466 g/mol. The standard InChI is InChI=1S/C22H16F6N4O/c23-21(24,25)17-2-1-14(11-30-17)20(33)31-10-12-7-15-9-18(22(26,27)28)32-19(15)16(8-12)13-3-5-29-6-4-13/h1-3,5,7-9,11,32H,4,6,10H2,(H,31,33). The lowest BCUT2D eigenvalue weighted by molar-refractivity contribution is -0.141. The number of allylic oxidation sites excluding steroid dienone is 1. The number of pyridine rings is 1. The van der Waals surface area contributed by atoms with Crippen molar-refractivity contribution in [1.82, 2.24) is 15.3 Å². The molecule has 4 rings (SSSR count). The van der Waals surface area contributed by atoms with Crippen LogP contribution in [0.2, 0.25) is 0 Å². The summed E-state index contributed by atoms with van der Waals surface area (Å²) in [7, 11) is 0. The maximum atomic E-state index is 13.2. The zero-order chi connectivity index (χ0) is 23.8. The molecule has 0 bridgehead atoms. The number of carbonyl (C=O) groups excluding carboxylic acids is 1. The molecule has 1 aromatic carbocycles. The average Bonchev–Trinajstić information content (AvgIpc) is 3.22. The number of nitrogens with one attached hydrogen (secondary N) is 2. The molecule has 0 atom stereocenters. The molecule has 2 aromatic heterocycles. The molecule has 5 nitrogen and oxygen atoms in total. The summed E-state index contributed by atoms with van der Waals surface area (Å²) in [5, 5.41) is 2.89. The van der Waals surface area contributed by atoms with Gasteiger partial charge in [0.25, 0.3) is 5.91 Å². The maximum Gasteiger partial charge on any atom is 0.433 e. The quantitative estimate of drug-likeness (QED) is 0.507. The van der Waals surface area contributed by atoms with E-state index in [2.05, 4.69) is 20.3 Å². The number of hydrogen-bond acceptors (Lipinski definition) is 3. The van der Waals surface area contributed by atoms with Crippen LogP contribution in [-0.4, -0.2) is 28.6 Å². The normalized spacial score (nSPS) is 14.4. The summed E-state index contributed by atoms with van der Waals surface area (Å²) in [5.74, 6) is -0.660. The van der Waals surface area contributed by atoms with E-state index in [9.17, 15) is 31.1 Å². The maximum absolute atomic E-state index is 13.2. The number of amides is 1. The van der Waals surface area contributed by atoms with E-state index in [1.807, 2.05) is 0 Å². The minimum Gasteiger partial charge on any atom is -0.351 e. The highest BCUT2D eigenvalue weighted by molar-refractivity contribution is 5.97. The molecule has 0 aliphatic carbocycles. The molecule has 0 fully saturated rings. The van der Waals surface area contributed by atoms with E-state index in [0.717, 1.165) is 23.9 Å². The minimum atomic E-state index is -4.62. The second-order valence-electron chi connectivity index (χ2n) is 7.40. The first kappa shape index (κ1) is 22.6. The third-order valence-electron chi connectivity index (χ3n) is 5.10. The van der Waals surface area contributed by atoms with Gasteiger partial charge in [-0.05, 0) is 54.0 Å². The highest BCUT2D eigenvalue weighted by atomic mass is 19.4. The number of benzene rings is 1. The largest absolute Gasteiger partial charge is 0.433 e. The van der Waals surface area contributed by atoms with E-state index in [4.69, 9.17) is 0 Å². The topological polar surface area (TPSA) is 70.1 Å². The van der Waals surface area contributed by atoms with Crippen LogP contribution in [0.5, 0.6) is 0 Å². The van der Waals surface area contributed by atoms with Gasteiger partial charge < -0.3 is 10.3 Å². The molecule has 33 heavy (non-hydrogen) atoms. The lowest BCUT2D eigenvalue weighted by atomic mass is 9.96. The van der Waals surface area contributed by atoms with Gasteiger partial charge in [-0.1, -0.05) is 0 Å². The van der Waals surface area contributed by atoms with Gasteiger partial charge in [0.15, 0.2) is 0 Å². The lowest BCUT2D eigenvalue weighted by Crippen LogP contribution is -2.23. The Morgan fingerprint density at radius 2 is 1.85 bits per heavy atom. The van der Waals surface area contributed by atoms with E-state index < -0.39 is 29.6 Å². The summed E-state index contributed by atoms with van der Waals surface area (Å²) in [6, 6.07) is 5.91. The number of halogens is 6. The zero-order valence-electron chi connectivity index (χ0n) is 16.8. The van der Waals surface area contributed by atoms with Crippen LogP contribution >= 0.6 is 0 Å². The van der Waals surface area contributed by atoms with Gasteiger partial charge in [0, 0.05) is 36.5 Å². The smallest absolute Gasteiger partial charge is 0.351 e. The summed E-state index contributed by atoms with van der Waals surface area (Å²) in [5.41, 5.74) is 0.136. The molecule has 172 valence electrons. The highest BCUT2D eigenvalue weighted by Gasteiger charge is 2.33. The van der Waals surface area contributed by atoms with Crippen molar-refractivity contribution in [3.05, 3.63) is 70.7 Å². The summed E-state index contributed by atoms with van der Waals surface area (Å²) in [6.45, 7) is 0.457. The van der Waals surface area contributed by atoms with Crippen molar-refractivity contribution in [2.45, 2.75) is 25.3 Å². The Morgan fingerprint density at radius 1 is 1.06 bits per heavy atom. The predicted molar refractivity (Wildman–Crippen MR) is 110 cm³/mol. The molecule has 0 saturated carbocycles. The number of aliphatic imine (C=N–C) groups is 1. The SMILES string of the molecule is O=C(NCc1cc(C2=CC=NCC2)c2[nH]c(C(F)(F)F)cc2c1)c1ccc(C(F)(F)F)nc1. The highest BCUT2D eigenvalue weighted by Crippen LogP contribution is 2.35. The number of aromatic amines is 1. The fraction of sp³-hybridized carbons (Fsp3) is 0.227. The molecular weight excluding hydrogens is 450 g/mol. The van der Waals surface area contributed by atoms with Crippen molar-refractivity contribution < 1.29 is 31.1 Å². The molecule has 3 heterocycles. The molecular formula is C22H16F6N4O. The Hall–Kier alpha value is -3.63. The third kappa shape index (κ3) is 4.91. The van der Waals surface area contributed by atoms with Crippen LogP contribution in [-0.2, 0) is 18.9 Å². The first-order valence-corrected chi connectivity index (χ1v) is 9.76. The van der Waals surface area contributed by atoms with Gasteiger partial charge in [0.1, 0.15) is 11.4 Å². The van der Waals surface area contributed by atoms with E-state index in [1.165, 1.54) is 6.07 Å². The Morgan fingerprint density at radius 3 is 2.45 bits per heavy atom. The number of hydrogen-bond donors (Lipinski definition) is 2. The number of alkyl halides is 6. The van der Waals surface area contributed by atoms with Crippen LogP contribution in [0.15, 0.2) is 47.6 Å². The molecule has 0 spiro atoms. The molecule has 3 aromatic rings. The number of H-pyrrole nitrogens is 1. The van der Waals surface area contributed by atoms with E-state index >= 15 is 0 Å². The van der Waals surface area contributed by atoms with Crippen molar-refractivity contribution in [3.8, 4) is 0 Å². The summed E-state index contributed by atoms with van der Waals surface area (Å²) >= 11 is 0. The molecule has 2 N–H and O–H groups in total. The van der Waals surface area contributed by atoms with Crippen molar-refractivity contribution >= 4 is 28.6 Å². The van der Waals surface area contributed by atoms with Gasteiger partial charge >= 0.3 is 12.4 Å². The van der Waals surface area contributed by atoms with Crippen LogP contribution in [0, 0.1) is 0 Å².